The van der Waals surface area contributed by atoms with Crippen LogP contribution in [0, 0.1) is 6.92 Å². The van der Waals surface area contributed by atoms with Crippen LogP contribution in [0.15, 0.2) is 4.52 Å². The van der Waals surface area contributed by atoms with E-state index in [2.05, 4.69) is 31.0 Å². The lowest BCUT2D eigenvalue weighted by Crippen LogP contribution is -2.05. The number of hydrogen-bond acceptors (Lipinski definition) is 7. The summed E-state index contributed by atoms with van der Waals surface area (Å²) in [7, 11) is 1.74. The van der Waals surface area contributed by atoms with Crippen molar-refractivity contribution in [2.24, 2.45) is 7.05 Å². The minimum absolute atomic E-state index is 0.412. The standard InChI is InChI=1S/C6H9N7O/c1-4-8-5(14-10-4)3-7-6-9-11-12-13(6)2/h3H2,1-2H3,(H,7,9,12). The molecule has 0 aromatic carbocycles. The van der Waals surface area contributed by atoms with Gasteiger partial charge in [-0.25, -0.2) is 4.68 Å². The second-order valence-electron chi connectivity index (χ2n) is 2.71. The van der Waals surface area contributed by atoms with Gasteiger partial charge in [-0.3, -0.25) is 0 Å². The highest BCUT2D eigenvalue weighted by molar-refractivity contribution is 5.20. The van der Waals surface area contributed by atoms with E-state index in [9.17, 15) is 0 Å². The lowest BCUT2D eigenvalue weighted by atomic mass is 10.6. The Bertz CT molecular complexity index is 419. The van der Waals surface area contributed by atoms with Crippen LogP contribution in [0.3, 0.4) is 0 Å². The fourth-order valence-electron chi connectivity index (χ4n) is 0.946. The van der Waals surface area contributed by atoms with Gasteiger partial charge in [0.15, 0.2) is 5.82 Å². The van der Waals surface area contributed by atoms with Crippen molar-refractivity contribution in [1.29, 1.82) is 0 Å². The monoisotopic (exact) mass is 195 g/mol. The summed E-state index contributed by atoms with van der Waals surface area (Å²) in [6, 6.07) is 0. The number of hydrogen-bond donors (Lipinski definition) is 1. The van der Waals surface area contributed by atoms with E-state index in [0.717, 1.165) is 0 Å². The molecule has 0 aliphatic rings. The molecule has 2 aromatic rings. The Labute approximate surface area is 79.3 Å². The van der Waals surface area contributed by atoms with Crippen LogP contribution in [0.5, 0.6) is 0 Å². The Morgan fingerprint density at radius 1 is 1.50 bits per heavy atom. The van der Waals surface area contributed by atoms with E-state index in [4.69, 9.17) is 4.52 Å². The molecule has 0 spiro atoms. The van der Waals surface area contributed by atoms with Gasteiger partial charge in [0.2, 0.25) is 11.8 Å². The first kappa shape index (κ1) is 8.60. The first-order chi connectivity index (χ1) is 6.75. The van der Waals surface area contributed by atoms with E-state index in [0.29, 0.717) is 24.2 Å². The first-order valence-corrected chi connectivity index (χ1v) is 4.01. The molecule has 0 aliphatic heterocycles. The zero-order valence-corrected chi connectivity index (χ0v) is 7.80. The molecule has 2 heterocycles. The van der Waals surface area contributed by atoms with Crippen molar-refractivity contribution in [3.63, 3.8) is 0 Å². The maximum Gasteiger partial charge on any atom is 0.246 e. The molecule has 0 fully saturated rings. The highest BCUT2D eigenvalue weighted by Gasteiger charge is 2.05. The van der Waals surface area contributed by atoms with E-state index in [1.54, 1.807) is 14.0 Å². The SMILES string of the molecule is Cc1noc(CNc2nnnn2C)n1. The molecule has 74 valence electrons. The van der Waals surface area contributed by atoms with Crippen LogP contribution >= 0.6 is 0 Å². The lowest BCUT2D eigenvalue weighted by Gasteiger charge is -1.98. The van der Waals surface area contributed by atoms with Gasteiger partial charge >= 0.3 is 0 Å². The molecule has 1 N–H and O–H groups in total. The molecule has 0 aliphatic carbocycles. The minimum Gasteiger partial charge on any atom is -0.344 e. The Hall–Kier alpha value is -1.99. The number of aryl methyl sites for hydroxylation is 2. The zero-order chi connectivity index (χ0) is 9.97. The quantitative estimate of drug-likeness (QED) is 0.706. The highest BCUT2D eigenvalue weighted by Crippen LogP contribution is 2.01. The Balaban J connectivity index is 1.98. The number of anilines is 1. The molecule has 0 radical (unpaired) electrons. The molecule has 8 nitrogen and oxygen atoms in total. The van der Waals surface area contributed by atoms with Crippen LogP contribution in [-0.2, 0) is 13.6 Å². The van der Waals surface area contributed by atoms with Gasteiger partial charge in [0.25, 0.3) is 0 Å². The predicted octanol–water partition coefficient (Wildman–Crippen LogP) is -0.486. The van der Waals surface area contributed by atoms with Gasteiger partial charge in [0.05, 0.1) is 6.54 Å². The summed E-state index contributed by atoms with van der Waals surface area (Å²) < 4.78 is 6.42. The van der Waals surface area contributed by atoms with Gasteiger partial charge in [0.1, 0.15) is 0 Å². The van der Waals surface area contributed by atoms with Gasteiger partial charge in [-0.2, -0.15) is 4.98 Å². The van der Waals surface area contributed by atoms with Gasteiger partial charge in [-0.1, -0.05) is 10.3 Å². The van der Waals surface area contributed by atoms with E-state index in [1.165, 1.54) is 4.68 Å². The summed E-state index contributed by atoms with van der Waals surface area (Å²) in [4.78, 5) is 4.02. The molecule has 0 unspecified atom stereocenters. The van der Waals surface area contributed by atoms with Crippen LogP contribution in [0.25, 0.3) is 0 Å². The molecule has 8 heteroatoms. The molecule has 2 rings (SSSR count). The van der Waals surface area contributed by atoms with E-state index in [-0.39, 0.29) is 0 Å². The van der Waals surface area contributed by atoms with Gasteiger partial charge in [-0.05, 0) is 17.4 Å². The molecular weight excluding hydrogens is 186 g/mol. The highest BCUT2D eigenvalue weighted by atomic mass is 16.5. The predicted molar refractivity (Wildman–Crippen MR) is 45.2 cm³/mol. The smallest absolute Gasteiger partial charge is 0.246 e. The number of rotatable bonds is 3. The maximum atomic E-state index is 4.90. The third-order valence-electron chi connectivity index (χ3n) is 1.59. The Morgan fingerprint density at radius 2 is 2.36 bits per heavy atom. The van der Waals surface area contributed by atoms with Gasteiger partial charge in [-0.15, -0.1) is 0 Å². The average Bonchev–Trinajstić information content (AvgIpc) is 2.72. The van der Waals surface area contributed by atoms with Crippen LogP contribution in [-0.4, -0.2) is 30.3 Å². The maximum absolute atomic E-state index is 4.90. The van der Waals surface area contributed by atoms with Gasteiger partial charge < -0.3 is 9.84 Å². The summed E-state index contributed by atoms with van der Waals surface area (Å²) in [5.74, 6) is 1.67. The normalized spacial score (nSPS) is 10.4. The number of tetrazole rings is 1. The molecule has 0 bridgehead atoms. The Kier molecular flexibility index (Phi) is 2.09. The second-order valence-corrected chi connectivity index (χ2v) is 2.71. The van der Waals surface area contributed by atoms with Crippen LogP contribution in [0.4, 0.5) is 5.95 Å². The summed E-state index contributed by atoms with van der Waals surface area (Å²) in [6.45, 7) is 2.17. The second kappa shape index (κ2) is 3.40. The van der Waals surface area contributed by atoms with Crippen molar-refractivity contribution >= 4 is 5.95 Å². The van der Waals surface area contributed by atoms with Crippen molar-refractivity contribution in [1.82, 2.24) is 30.3 Å². The summed E-state index contributed by atoms with van der Waals surface area (Å²) in [5, 5.41) is 17.5. The average molecular weight is 195 g/mol. The molecule has 0 atom stereocenters. The summed E-state index contributed by atoms with van der Waals surface area (Å²) in [5.41, 5.74) is 0. The van der Waals surface area contributed by atoms with Crippen molar-refractivity contribution < 1.29 is 4.52 Å². The third kappa shape index (κ3) is 1.68. The van der Waals surface area contributed by atoms with Crippen molar-refractivity contribution in [2.75, 3.05) is 5.32 Å². The number of nitrogens with one attached hydrogen (secondary N) is 1. The summed E-state index contributed by atoms with van der Waals surface area (Å²) in [6.07, 6.45) is 0. The molecule has 14 heavy (non-hydrogen) atoms. The number of aromatic nitrogens is 6. The van der Waals surface area contributed by atoms with Crippen LogP contribution < -0.4 is 5.32 Å². The molecule has 0 saturated carbocycles. The molecule has 0 amide bonds. The zero-order valence-electron chi connectivity index (χ0n) is 7.80. The van der Waals surface area contributed by atoms with Crippen molar-refractivity contribution in [3.05, 3.63) is 11.7 Å². The molecule has 0 saturated heterocycles. The largest absolute Gasteiger partial charge is 0.344 e. The first-order valence-electron chi connectivity index (χ1n) is 4.01. The van der Waals surface area contributed by atoms with Crippen LogP contribution in [0.1, 0.15) is 11.7 Å². The van der Waals surface area contributed by atoms with Crippen LogP contribution in [0.2, 0.25) is 0 Å². The minimum atomic E-state index is 0.412. The van der Waals surface area contributed by atoms with Crippen molar-refractivity contribution in [2.45, 2.75) is 13.5 Å². The van der Waals surface area contributed by atoms with E-state index in [1.807, 2.05) is 0 Å². The van der Waals surface area contributed by atoms with Crippen molar-refractivity contribution in [3.8, 4) is 0 Å². The topological polar surface area (TPSA) is 94.5 Å². The van der Waals surface area contributed by atoms with Gasteiger partial charge in [0, 0.05) is 7.05 Å². The molecular formula is C6H9N7O. The summed E-state index contributed by atoms with van der Waals surface area (Å²) >= 11 is 0. The fourth-order valence-corrected chi connectivity index (χ4v) is 0.946. The Morgan fingerprint density at radius 3 is 2.93 bits per heavy atom. The third-order valence-corrected chi connectivity index (χ3v) is 1.59. The fraction of sp³-hybridized carbons (Fsp3) is 0.500. The number of nitrogens with zero attached hydrogens (tertiary/aromatic N) is 6. The lowest BCUT2D eigenvalue weighted by molar-refractivity contribution is 0.379. The van der Waals surface area contributed by atoms with E-state index < -0.39 is 0 Å². The molecule has 2 aromatic heterocycles. The van der Waals surface area contributed by atoms with E-state index >= 15 is 0 Å².